The van der Waals surface area contributed by atoms with E-state index in [4.69, 9.17) is 15.7 Å². The average molecular weight is 256 g/mol. The van der Waals surface area contributed by atoms with E-state index in [0.29, 0.717) is 18.7 Å². The number of ether oxygens (including phenoxy) is 1. The normalized spacial score (nSPS) is 9.89. The Labute approximate surface area is 111 Å². The molecule has 0 unspecified atom stereocenters. The van der Waals surface area contributed by atoms with Gasteiger partial charge in [0.1, 0.15) is 23.2 Å². The van der Waals surface area contributed by atoms with Crippen molar-refractivity contribution in [3.05, 3.63) is 59.4 Å². The van der Waals surface area contributed by atoms with Crippen LogP contribution in [0.2, 0.25) is 0 Å². The summed E-state index contributed by atoms with van der Waals surface area (Å²) < 4.78 is 18.8. The highest BCUT2D eigenvalue weighted by molar-refractivity contribution is 5.44. The second-order valence-corrected chi connectivity index (χ2v) is 4.06. The smallest absolute Gasteiger partial charge is 0.144 e. The molecule has 0 atom stereocenters. The number of hydrogen-bond acceptors (Lipinski definition) is 3. The number of rotatable bonds is 4. The van der Waals surface area contributed by atoms with Crippen LogP contribution in [0.1, 0.15) is 11.1 Å². The predicted molar refractivity (Wildman–Crippen MR) is 71.2 cm³/mol. The molecule has 0 aliphatic carbocycles. The van der Waals surface area contributed by atoms with Crippen LogP contribution in [0.5, 0.6) is 5.75 Å². The van der Waals surface area contributed by atoms with Crippen LogP contribution < -0.4 is 10.5 Å². The Hall–Kier alpha value is -2.54. The first kappa shape index (κ1) is 12.9. The maximum Gasteiger partial charge on any atom is 0.144 e. The number of halogens is 1. The zero-order valence-electron chi connectivity index (χ0n) is 10.3. The van der Waals surface area contributed by atoms with E-state index in [1.165, 1.54) is 12.1 Å². The van der Waals surface area contributed by atoms with Crippen molar-refractivity contribution in [3.63, 3.8) is 0 Å². The highest BCUT2D eigenvalue weighted by Crippen LogP contribution is 2.20. The van der Waals surface area contributed by atoms with Crippen LogP contribution in [0.3, 0.4) is 0 Å². The van der Waals surface area contributed by atoms with Gasteiger partial charge in [0, 0.05) is 12.1 Å². The Balaban J connectivity index is 1.98. The van der Waals surface area contributed by atoms with Gasteiger partial charge in [-0.15, -0.1) is 0 Å². The summed E-state index contributed by atoms with van der Waals surface area (Å²) in [6, 6.07) is 13.6. The average Bonchev–Trinajstić information content (AvgIpc) is 2.41. The summed E-state index contributed by atoms with van der Waals surface area (Å²) in [7, 11) is 0. The van der Waals surface area contributed by atoms with E-state index in [-0.39, 0.29) is 11.3 Å². The Kier molecular flexibility index (Phi) is 3.99. The molecule has 0 bridgehead atoms. The van der Waals surface area contributed by atoms with Crippen molar-refractivity contribution in [1.29, 1.82) is 5.26 Å². The molecule has 2 rings (SSSR count). The van der Waals surface area contributed by atoms with Crippen LogP contribution in [0.4, 0.5) is 10.1 Å². The lowest BCUT2D eigenvalue weighted by atomic mass is 10.1. The summed E-state index contributed by atoms with van der Waals surface area (Å²) >= 11 is 0. The zero-order valence-corrected chi connectivity index (χ0v) is 10.3. The molecule has 96 valence electrons. The topological polar surface area (TPSA) is 59.0 Å². The van der Waals surface area contributed by atoms with Gasteiger partial charge in [0.25, 0.3) is 0 Å². The number of anilines is 1. The fourth-order valence-electron chi connectivity index (χ4n) is 1.70. The van der Waals surface area contributed by atoms with Gasteiger partial charge < -0.3 is 10.5 Å². The minimum absolute atomic E-state index is 0.0557. The van der Waals surface area contributed by atoms with E-state index < -0.39 is 5.82 Å². The van der Waals surface area contributed by atoms with E-state index in [0.717, 1.165) is 5.56 Å². The quantitative estimate of drug-likeness (QED) is 0.856. The summed E-state index contributed by atoms with van der Waals surface area (Å²) in [5.74, 6) is -0.287. The Morgan fingerprint density at radius 2 is 1.89 bits per heavy atom. The third-order valence-corrected chi connectivity index (χ3v) is 2.72. The summed E-state index contributed by atoms with van der Waals surface area (Å²) in [6.45, 7) is 0.377. The van der Waals surface area contributed by atoms with Crippen LogP contribution in [-0.2, 0) is 6.42 Å². The maximum absolute atomic E-state index is 13.3. The summed E-state index contributed by atoms with van der Waals surface area (Å²) in [6.07, 6.45) is 0.668. The molecular weight excluding hydrogens is 243 g/mol. The van der Waals surface area contributed by atoms with Gasteiger partial charge in [-0.1, -0.05) is 18.2 Å². The van der Waals surface area contributed by atoms with Crippen LogP contribution in [0, 0.1) is 17.1 Å². The van der Waals surface area contributed by atoms with Crippen molar-refractivity contribution in [2.75, 3.05) is 12.3 Å². The molecule has 0 aromatic heterocycles. The third-order valence-electron chi connectivity index (χ3n) is 2.72. The lowest BCUT2D eigenvalue weighted by Gasteiger charge is -2.08. The highest BCUT2D eigenvalue weighted by Gasteiger charge is 2.08. The molecule has 3 nitrogen and oxygen atoms in total. The van der Waals surface area contributed by atoms with Gasteiger partial charge in [0.2, 0.25) is 0 Å². The maximum atomic E-state index is 13.3. The van der Waals surface area contributed by atoms with Gasteiger partial charge in [-0.05, 0) is 29.8 Å². The van der Waals surface area contributed by atoms with Crippen LogP contribution in [-0.4, -0.2) is 6.61 Å². The van der Waals surface area contributed by atoms with Crippen LogP contribution in [0.25, 0.3) is 0 Å². The molecule has 19 heavy (non-hydrogen) atoms. The minimum Gasteiger partial charge on any atom is -0.492 e. The van der Waals surface area contributed by atoms with Gasteiger partial charge in [0.15, 0.2) is 0 Å². The van der Waals surface area contributed by atoms with E-state index in [1.54, 1.807) is 12.1 Å². The number of nitriles is 1. The lowest BCUT2D eigenvalue weighted by molar-refractivity contribution is 0.319. The summed E-state index contributed by atoms with van der Waals surface area (Å²) in [5.41, 5.74) is 7.32. The number of nitrogens with zero attached hydrogens (tertiary/aromatic N) is 1. The molecule has 0 amide bonds. The van der Waals surface area contributed by atoms with Crippen LogP contribution in [0.15, 0.2) is 42.5 Å². The minimum atomic E-state index is -0.563. The molecule has 2 N–H and O–H groups in total. The van der Waals surface area contributed by atoms with Crippen molar-refractivity contribution in [3.8, 4) is 11.8 Å². The van der Waals surface area contributed by atoms with Gasteiger partial charge in [-0.2, -0.15) is 5.26 Å². The van der Waals surface area contributed by atoms with Crippen molar-refractivity contribution in [2.24, 2.45) is 0 Å². The molecule has 0 heterocycles. The molecule has 0 saturated heterocycles. The fourth-order valence-corrected chi connectivity index (χ4v) is 1.70. The van der Waals surface area contributed by atoms with E-state index in [1.807, 2.05) is 24.3 Å². The first-order valence-electron chi connectivity index (χ1n) is 5.86. The Morgan fingerprint density at radius 1 is 1.16 bits per heavy atom. The standard InChI is InChI=1S/C15H13FN2O/c16-14-2-1-3-15(13(14)10-17)19-9-8-11-4-6-12(18)7-5-11/h1-7H,8-9,18H2. The zero-order chi connectivity index (χ0) is 13.7. The molecule has 0 spiro atoms. The lowest BCUT2D eigenvalue weighted by Crippen LogP contribution is -2.03. The summed E-state index contributed by atoms with van der Waals surface area (Å²) in [4.78, 5) is 0. The fraction of sp³-hybridized carbons (Fsp3) is 0.133. The summed E-state index contributed by atoms with van der Waals surface area (Å²) in [5, 5.41) is 8.86. The number of nitrogen functional groups attached to an aromatic ring is 1. The van der Waals surface area contributed by atoms with Crippen molar-refractivity contribution in [1.82, 2.24) is 0 Å². The van der Waals surface area contributed by atoms with Crippen molar-refractivity contribution < 1.29 is 9.13 Å². The molecule has 4 heteroatoms. The number of nitrogens with two attached hydrogens (primary N) is 1. The SMILES string of the molecule is N#Cc1c(F)cccc1OCCc1ccc(N)cc1. The number of hydrogen-bond donors (Lipinski definition) is 1. The molecular formula is C15H13FN2O. The first-order chi connectivity index (χ1) is 9.20. The van der Waals surface area contributed by atoms with Crippen LogP contribution >= 0.6 is 0 Å². The second-order valence-electron chi connectivity index (χ2n) is 4.06. The van der Waals surface area contributed by atoms with Gasteiger partial charge in [-0.25, -0.2) is 4.39 Å². The van der Waals surface area contributed by atoms with Gasteiger partial charge >= 0.3 is 0 Å². The highest BCUT2D eigenvalue weighted by atomic mass is 19.1. The van der Waals surface area contributed by atoms with Crippen molar-refractivity contribution in [2.45, 2.75) is 6.42 Å². The molecule has 0 aliphatic heterocycles. The van der Waals surface area contributed by atoms with E-state index in [2.05, 4.69) is 0 Å². The molecule has 0 aliphatic rings. The third kappa shape index (κ3) is 3.23. The largest absolute Gasteiger partial charge is 0.492 e. The monoisotopic (exact) mass is 256 g/mol. The number of benzene rings is 2. The molecule has 2 aromatic rings. The van der Waals surface area contributed by atoms with E-state index >= 15 is 0 Å². The first-order valence-corrected chi connectivity index (χ1v) is 5.86. The Bertz CT molecular complexity index is 603. The van der Waals surface area contributed by atoms with Gasteiger partial charge in [-0.3, -0.25) is 0 Å². The van der Waals surface area contributed by atoms with E-state index in [9.17, 15) is 4.39 Å². The predicted octanol–water partition coefficient (Wildman–Crippen LogP) is 2.90. The van der Waals surface area contributed by atoms with Gasteiger partial charge in [0.05, 0.1) is 6.61 Å². The molecule has 0 saturated carbocycles. The Morgan fingerprint density at radius 3 is 2.58 bits per heavy atom. The molecule has 2 aromatic carbocycles. The van der Waals surface area contributed by atoms with Crippen molar-refractivity contribution >= 4 is 5.69 Å². The molecule has 0 fully saturated rings. The second kappa shape index (κ2) is 5.87. The molecule has 0 radical (unpaired) electrons.